The minimum atomic E-state index is -0.227. The second kappa shape index (κ2) is 4.37. The summed E-state index contributed by atoms with van der Waals surface area (Å²) in [4.78, 5) is 18.7. The molecule has 1 unspecified atom stereocenters. The zero-order chi connectivity index (χ0) is 12.5. The van der Waals surface area contributed by atoms with E-state index >= 15 is 0 Å². The zero-order valence-electron chi connectivity index (χ0n) is 10.7. The predicted molar refractivity (Wildman–Crippen MR) is 65.3 cm³/mol. The molecule has 1 rings (SSSR count). The highest BCUT2D eigenvalue weighted by Crippen LogP contribution is 2.20. The lowest BCUT2D eigenvalue weighted by atomic mass is 9.91. The summed E-state index contributed by atoms with van der Waals surface area (Å²) in [5.41, 5.74) is 6.49. The Morgan fingerprint density at radius 1 is 1.38 bits per heavy atom. The Hall–Kier alpha value is -1.16. The summed E-state index contributed by atoms with van der Waals surface area (Å²) in [5, 5.41) is 0. The van der Waals surface area contributed by atoms with E-state index < -0.39 is 0 Å². The Labute approximate surface area is 96.3 Å². The molecule has 4 nitrogen and oxygen atoms in total. The predicted octanol–water partition coefficient (Wildman–Crippen LogP) is 1.72. The highest BCUT2D eigenvalue weighted by molar-refractivity contribution is 5.13. The first-order valence-electron chi connectivity index (χ1n) is 5.59. The van der Waals surface area contributed by atoms with E-state index in [1.165, 1.54) is 6.07 Å². The molecule has 0 aromatic carbocycles. The van der Waals surface area contributed by atoms with Gasteiger partial charge in [0.05, 0.1) is 11.7 Å². The molecule has 3 N–H and O–H groups in total. The summed E-state index contributed by atoms with van der Waals surface area (Å²) in [7, 11) is 0. The molecule has 0 saturated carbocycles. The molecule has 4 heteroatoms. The Bertz CT molecular complexity index is 415. The van der Waals surface area contributed by atoms with Crippen molar-refractivity contribution in [2.75, 3.05) is 0 Å². The van der Waals surface area contributed by atoms with E-state index in [1.807, 2.05) is 34.6 Å². The van der Waals surface area contributed by atoms with Crippen LogP contribution in [-0.4, -0.2) is 9.97 Å². The van der Waals surface area contributed by atoms with Gasteiger partial charge in [0.1, 0.15) is 5.82 Å². The van der Waals surface area contributed by atoms with E-state index in [0.717, 1.165) is 5.69 Å². The van der Waals surface area contributed by atoms with Gasteiger partial charge in [-0.05, 0) is 5.92 Å². The second-order valence-corrected chi connectivity index (χ2v) is 5.54. The summed E-state index contributed by atoms with van der Waals surface area (Å²) < 4.78 is 0. The minimum absolute atomic E-state index is 0.133. The molecule has 0 aliphatic carbocycles. The van der Waals surface area contributed by atoms with E-state index in [1.54, 1.807) is 0 Å². The SMILES string of the molecule is CC(C)C(N)c1nc(C(C)(C)C)cc(=O)[nH]1. The highest BCUT2D eigenvalue weighted by Gasteiger charge is 2.20. The van der Waals surface area contributed by atoms with Crippen molar-refractivity contribution in [3.63, 3.8) is 0 Å². The lowest BCUT2D eigenvalue weighted by Crippen LogP contribution is -2.27. The lowest BCUT2D eigenvalue weighted by molar-refractivity contribution is 0.477. The van der Waals surface area contributed by atoms with Crippen LogP contribution in [0.5, 0.6) is 0 Å². The molecule has 90 valence electrons. The normalized spacial score (nSPS) is 14.2. The van der Waals surface area contributed by atoms with Crippen LogP contribution in [0.25, 0.3) is 0 Å². The van der Waals surface area contributed by atoms with Gasteiger partial charge in [-0.1, -0.05) is 34.6 Å². The van der Waals surface area contributed by atoms with Crippen LogP contribution in [0, 0.1) is 5.92 Å². The maximum absolute atomic E-state index is 11.5. The van der Waals surface area contributed by atoms with E-state index in [-0.39, 0.29) is 22.9 Å². The number of aromatic amines is 1. The van der Waals surface area contributed by atoms with Crippen molar-refractivity contribution < 1.29 is 0 Å². The number of nitrogens with one attached hydrogen (secondary N) is 1. The summed E-state index contributed by atoms with van der Waals surface area (Å²) in [6, 6.07) is 1.31. The third-order valence-corrected chi connectivity index (χ3v) is 2.56. The third-order valence-electron chi connectivity index (χ3n) is 2.56. The fourth-order valence-electron chi connectivity index (χ4n) is 1.33. The van der Waals surface area contributed by atoms with Crippen LogP contribution >= 0.6 is 0 Å². The number of nitrogens with two attached hydrogens (primary N) is 1. The van der Waals surface area contributed by atoms with Crippen LogP contribution in [0.1, 0.15) is 52.2 Å². The fraction of sp³-hybridized carbons (Fsp3) is 0.667. The highest BCUT2D eigenvalue weighted by atomic mass is 16.1. The standard InChI is InChI=1S/C12H21N3O/c1-7(2)10(13)11-14-8(12(3,4)5)6-9(16)15-11/h6-7,10H,13H2,1-5H3,(H,14,15,16). The van der Waals surface area contributed by atoms with Crippen LogP contribution in [0.2, 0.25) is 0 Å². The van der Waals surface area contributed by atoms with Crippen molar-refractivity contribution in [2.45, 2.75) is 46.1 Å². The van der Waals surface area contributed by atoms with Crippen LogP contribution in [-0.2, 0) is 5.41 Å². The first-order valence-corrected chi connectivity index (χ1v) is 5.59. The Balaban J connectivity index is 3.24. The van der Waals surface area contributed by atoms with Crippen LogP contribution < -0.4 is 11.3 Å². The smallest absolute Gasteiger partial charge is 0.251 e. The maximum Gasteiger partial charge on any atom is 0.251 e. The van der Waals surface area contributed by atoms with Gasteiger partial charge in [0, 0.05) is 11.5 Å². The van der Waals surface area contributed by atoms with Gasteiger partial charge in [0.15, 0.2) is 0 Å². The van der Waals surface area contributed by atoms with Crippen molar-refractivity contribution >= 4 is 0 Å². The summed E-state index contributed by atoms with van der Waals surface area (Å²) in [6.45, 7) is 10.1. The number of hydrogen-bond acceptors (Lipinski definition) is 3. The van der Waals surface area contributed by atoms with Crippen molar-refractivity contribution in [1.82, 2.24) is 9.97 Å². The summed E-state index contributed by atoms with van der Waals surface area (Å²) in [6.07, 6.45) is 0. The van der Waals surface area contributed by atoms with Gasteiger partial charge in [-0.2, -0.15) is 0 Å². The molecule has 0 bridgehead atoms. The molecular formula is C12H21N3O. The molecular weight excluding hydrogens is 202 g/mol. The van der Waals surface area contributed by atoms with E-state index in [4.69, 9.17) is 5.73 Å². The number of hydrogen-bond donors (Lipinski definition) is 2. The van der Waals surface area contributed by atoms with Gasteiger partial charge >= 0.3 is 0 Å². The largest absolute Gasteiger partial charge is 0.321 e. The van der Waals surface area contributed by atoms with E-state index in [2.05, 4.69) is 9.97 Å². The van der Waals surface area contributed by atoms with Crippen molar-refractivity contribution in [3.8, 4) is 0 Å². The van der Waals surface area contributed by atoms with E-state index in [9.17, 15) is 4.79 Å². The van der Waals surface area contributed by atoms with Gasteiger partial charge in [-0.15, -0.1) is 0 Å². The monoisotopic (exact) mass is 223 g/mol. The van der Waals surface area contributed by atoms with Gasteiger partial charge in [-0.25, -0.2) is 4.98 Å². The third kappa shape index (κ3) is 2.92. The second-order valence-electron chi connectivity index (χ2n) is 5.54. The Kier molecular flexibility index (Phi) is 3.53. The Morgan fingerprint density at radius 3 is 2.38 bits per heavy atom. The van der Waals surface area contributed by atoms with Crippen LogP contribution in [0.3, 0.4) is 0 Å². The first kappa shape index (κ1) is 12.9. The van der Waals surface area contributed by atoms with Gasteiger partial charge in [-0.3, -0.25) is 4.79 Å². The molecule has 0 fully saturated rings. The number of nitrogens with zero attached hydrogens (tertiary/aromatic N) is 1. The molecule has 0 aliphatic heterocycles. The summed E-state index contributed by atoms with van der Waals surface area (Å²) in [5.74, 6) is 0.825. The van der Waals surface area contributed by atoms with Crippen molar-refractivity contribution in [2.24, 2.45) is 11.7 Å². The topological polar surface area (TPSA) is 71.8 Å². The molecule has 0 saturated heterocycles. The van der Waals surface area contributed by atoms with Crippen molar-refractivity contribution in [1.29, 1.82) is 0 Å². The molecule has 1 atom stereocenters. The molecule has 1 aromatic heterocycles. The van der Waals surface area contributed by atoms with Gasteiger partial charge in [0.25, 0.3) is 5.56 Å². The fourth-order valence-corrected chi connectivity index (χ4v) is 1.33. The first-order chi connectivity index (χ1) is 7.21. The zero-order valence-corrected chi connectivity index (χ0v) is 10.7. The van der Waals surface area contributed by atoms with E-state index in [0.29, 0.717) is 5.82 Å². The summed E-state index contributed by atoms with van der Waals surface area (Å²) >= 11 is 0. The average Bonchev–Trinajstić information content (AvgIpc) is 2.14. The molecule has 0 aliphatic rings. The molecule has 16 heavy (non-hydrogen) atoms. The number of aromatic nitrogens is 2. The minimum Gasteiger partial charge on any atom is -0.321 e. The molecule has 0 spiro atoms. The van der Waals surface area contributed by atoms with Crippen LogP contribution in [0.15, 0.2) is 10.9 Å². The number of H-pyrrole nitrogens is 1. The van der Waals surface area contributed by atoms with Gasteiger partial charge < -0.3 is 10.7 Å². The molecule has 0 amide bonds. The van der Waals surface area contributed by atoms with Gasteiger partial charge in [0.2, 0.25) is 0 Å². The average molecular weight is 223 g/mol. The van der Waals surface area contributed by atoms with Crippen molar-refractivity contribution in [3.05, 3.63) is 27.9 Å². The quantitative estimate of drug-likeness (QED) is 0.802. The lowest BCUT2D eigenvalue weighted by Gasteiger charge is -2.20. The number of rotatable bonds is 2. The molecule has 1 heterocycles. The maximum atomic E-state index is 11.5. The molecule has 0 radical (unpaired) electrons. The van der Waals surface area contributed by atoms with Crippen LogP contribution in [0.4, 0.5) is 0 Å². The molecule has 1 aromatic rings. The Morgan fingerprint density at radius 2 is 1.94 bits per heavy atom.